The second-order valence-corrected chi connectivity index (χ2v) is 1.34. The molecular weight excluding hydrogens is 103 g/mol. The quantitative estimate of drug-likeness (QED) is 0.380. The highest BCUT2D eigenvalue weighted by molar-refractivity contribution is 6.29. The number of imidazole rings is 1. The van der Waals surface area contributed by atoms with Crippen LogP contribution < -0.4 is 5.72 Å². The van der Waals surface area contributed by atoms with Gasteiger partial charge in [0.25, 0.3) is 0 Å². The molecule has 1 heterocycles. The Kier molecular flexibility index (Phi) is 1.16. The van der Waals surface area contributed by atoms with E-state index < -0.39 is 0 Å². The molecule has 0 aliphatic heterocycles. The van der Waals surface area contributed by atoms with Crippen LogP contribution in [-0.2, 0) is 0 Å². The number of hydrogen-bond acceptors (Lipinski definition) is 2. The number of nitrogens with zero attached hydrogens (tertiary/aromatic N) is 1. The van der Waals surface area contributed by atoms with Crippen molar-refractivity contribution in [3.05, 3.63) is 11.9 Å². The molecule has 0 unspecified atom stereocenters. The van der Waals surface area contributed by atoms with Gasteiger partial charge in [-0.1, -0.05) is 0 Å². The van der Waals surface area contributed by atoms with E-state index in [-0.39, 0.29) is 7.15 Å². The average Bonchev–Trinajstić information content (AvgIpc) is 2.14. The summed E-state index contributed by atoms with van der Waals surface area (Å²) in [6.07, 6.45) is 2.03. The number of carbonyl (C=O) groups is 1. The fourth-order valence-corrected chi connectivity index (χ4v) is 0.411. The van der Waals surface area contributed by atoms with Crippen molar-refractivity contribution < 1.29 is 6.22 Å². The summed E-state index contributed by atoms with van der Waals surface area (Å²) < 4.78 is 0. The molecule has 40 valence electrons. The highest BCUT2D eigenvalue weighted by atomic mass is 16.1. The number of aromatic amines is 1. The fourth-order valence-electron chi connectivity index (χ4n) is 0.411. The molecule has 0 fully saturated rings. The van der Waals surface area contributed by atoms with Crippen LogP contribution in [0.3, 0.4) is 0 Å². The number of aromatic nitrogens is 2. The summed E-state index contributed by atoms with van der Waals surface area (Å²) >= 11 is 0. The monoisotopic (exact) mass is 108 g/mol. The second-order valence-electron chi connectivity index (χ2n) is 1.34. The van der Waals surface area contributed by atoms with Crippen LogP contribution in [-0.4, -0.2) is 24.1 Å². The predicted molar refractivity (Wildman–Crippen MR) is 31.5 cm³/mol. The average molecular weight is 108 g/mol. The van der Waals surface area contributed by atoms with E-state index in [1.54, 1.807) is 0 Å². The second kappa shape index (κ2) is 1.82. The molecule has 0 aromatic carbocycles. The maximum atomic E-state index is 9.89. The molecule has 0 amide bonds. The van der Waals surface area contributed by atoms with E-state index in [4.69, 9.17) is 7.85 Å². The topological polar surface area (TPSA) is 45.8 Å². The molecule has 2 radical (unpaired) electrons. The van der Waals surface area contributed by atoms with Crippen LogP contribution in [0, 0.1) is 0 Å². The SMILES string of the molecule is [B]c1ncc(C=O)[nH]1.[HH]. The molecule has 0 atom stereocenters. The summed E-state index contributed by atoms with van der Waals surface area (Å²) in [5.41, 5.74) is 0.676. The molecule has 1 rings (SSSR count). The van der Waals surface area contributed by atoms with Gasteiger partial charge >= 0.3 is 0 Å². The normalized spacial score (nSPS) is 9.00. The highest BCUT2D eigenvalue weighted by Gasteiger charge is 1.89. The lowest BCUT2D eigenvalue weighted by molar-refractivity contribution is 0.111. The first-order valence-electron chi connectivity index (χ1n) is 2.08. The van der Waals surface area contributed by atoms with Gasteiger partial charge in [-0.15, -0.1) is 0 Å². The molecular formula is C4H5BN2O. The molecule has 0 aliphatic rings. The van der Waals surface area contributed by atoms with E-state index in [1.807, 2.05) is 0 Å². The summed E-state index contributed by atoms with van der Waals surface area (Å²) in [4.78, 5) is 16.0. The van der Waals surface area contributed by atoms with Crippen molar-refractivity contribution in [2.24, 2.45) is 0 Å². The zero-order valence-electron chi connectivity index (χ0n) is 4.09. The Labute approximate surface area is 49.0 Å². The zero-order chi connectivity index (χ0) is 5.98. The number of carbonyl (C=O) groups excluding carboxylic acids is 1. The first-order chi connectivity index (χ1) is 3.83. The molecule has 0 saturated carbocycles. The van der Waals surface area contributed by atoms with Gasteiger partial charge < -0.3 is 4.98 Å². The smallest absolute Gasteiger partial charge is 0.167 e. The van der Waals surface area contributed by atoms with Gasteiger partial charge in [0.1, 0.15) is 0 Å². The summed E-state index contributed by atoms with van der Waals surface area (Å²) in [5.74, 6) is 0. The Hall–Kier alpha value is -1.06. The van der Waals surface area contributed by atoms with E-state index in [1.165, 1.54) is 6.20 Å². The lowest BCUT2D eigenvalue weighted by Crippen LogP contribution is -2.05. The van der Waals surface area contributed by atoms with Crippen LogP contribution in [0.15, 0.2) is 6.20 Å². The lowest BCUT2D eigenvalue weighted by Gasteiger charge is -1.74. The van der Waals surface area contributed by atoms with Crippen LogP contribution in [0.2, 0.25) is 0 Å². The van der Waals surface area contributed by atoms with E-state index in [0.717, 1.165) is 0 Å². The molecule has 3 nitrogen and oxygen atoms in total. The van der Waals surface area contributed by atoms with Crippen molar-refractivity contribution in [3.8, 4) is 0 Å². The third-order valence-corrected chi connectivity index (χ3v) is 0.742. The number of aldehydes is 1. The van der Waals surface area contributed by atoms with Gasteiger partial charge in [-0.2, -0.15) is 0 Å². The van der Waals surface area contributed by atoms with Crippen LogP contribution in [0.1, 0.15) is 11.9 Å². The molecule has 0 aliphatic carbocycles. The lowest BCUT2D eigenvalue weighted by atomic mass is 10.1. The van der Waals surface area contributed by atoms with Gasteiger partial charge in [-0.05, 0) is 0 Å². The third-order valence-electron chi connectivity index (χ3n) is 0.742. The molecule has 0 spiro atoms. The summed E-state index contributed by atoms with van der Waals surface area (Å²) in [6, 6.07) is 0. The minimum absolute atomic E-state index is 0. The van der Waals surface area contributed by atoms with Crippen LogP contribution in [0.4, 0.5) is 0 Å². The first kappa shape index (κ1) is 5.09. The number of nitrogens with one attached hydrogen (secondary N) is 1. The first-order valence-corrected chi connectivity index (χ1v) is 2.08. The summed E-state index contributed by atoms with van der Waals surface area (Å²) in [6.45, 7) is 0. The van der Waals surface area contributed by atoms with Crippen LogP contribution >= 0.6 is 0 Å². The summed E-state index contributed by atoms with van der Waals surface area (Å²) in [5, 5.41) is 0. The van der Waals surface area contributed by atoms with Gasteiger partial charge in [-0.25, -0.2) is 0 Å². The van der Waals surface area contributed by atoms with Crippen molar-refractivity contribution in [1.29, 1.82) is 0 Å². The van der Waals surface area contributed by atoms with Gasteiger partial charge in [-0.3, -0.25) is 9.78 Å². The van der Waals surface area contributed by atoms with Gasteiger partial charge in [0.2, 0.25) is 0 Å². The third kappa shape index (κ3) is 0.778. The molecule has 8 heavy (non-hydrogen) atoms. The maximum Gasteiger partial charge on any atom is 0.167 e. The molecule has 1 aromatic rings. The number of hydrogen-bond donors (Lipinski definition) is 1. The molecule has 1 N–H and O–H groups in total. The predicted octanol–water partition coefficient (Wildman–Crippen LogP) is -0.738. The largest absolute Gasteiger partial charge is 0.349 e. The van der Waals surface area contributed by atoms with Gasteiger partial charge in [0.15, 0.2) is 14.1 Å². The van der Waals surface area contributed by atoms with Crippen molar-refractivity contribution in [2.45, 2.75) is 0 Å². The van der Waals surface area contributed by atoms with Gasteiger partial charge in [0, 0.05) is 7.15 Å². The van der Waals surface area contributed by atoms with Gasteiger partial charge in [0.05, 0.1) is 11.9 Å². The Morgan fingerprint density at radius 1 is 2.00 bits per heavy atom. The molecule has 1 aromatic heterocycles. The van der Waals surface area contributed by atoms with Crippen molar-refractivity contribution in [3.63, 3.8) is 0 Å². The molecule has 0 saturated heterocycles. The Morgan fingerprint density at radius 3 is 3.00 bits per heavy atom. The number of rotatable bonds is 1. The Bertz CT molecular complexity index is 200. The minimum atomic E-state index is 0. The number of H-pyrrole nitrogens is 1. The highest BCUT2D eigenvalue weighted by Crippen LogP contribution is 1.78. The van der Waals surface area contributed by atoms with Crippen molar-refractivity contribution >= 4 is 19.9 Å². The van der Waals surface area contributed by atoms with Crippen molar-refractivity contribution in [1.82, 2.24) is 9.97 Å². The summed E-state index contributed by atoms with van der Waals surface area (Å²) in [7, 11) is 5.13. The van der Waals surface area contributed by atoms with E-state index in [2.05, 4.69) is 9.97 Å². The molecule has 0 bridgehead atoms. The Morgan fingerprint density at radius 2 is 2.75 bits per heavy atom. The zero-order valence-corrected chi connectivity index (χ0v) is 4.09. The van der Waals surface area contributed by atoms with E-state index in [9.17, 15) is 4.79 Å². The van der Waals surface area contributed by atoms with Crippen LogP contribution in [0.25, 0.3) is 0 Å². The van der Waals surface area contributed by atoms with E-state index >= 15 is 0 Å². The Balaban J connectivity index is 0.000000640. The van der Waals surface area contributed by atoms with E-state index in [0.29, 0.717) is 12.0 Å². The molecule has 4 heteroatoms. The van der Waals surface area contributed by atoms with Crippen LogP contribution in [0.5, 0.6) is 0 Å². The fraction of sp³-hybridized carbons (Fsp3) is 0. The maximum absolute atomic E-state index is 9.89. The minimum Gasteiger partial charge on any atom is -0.349 e. The van der Waals surface area contributed by atoms with Crippen molar-refractivity contribution in [2.75, 3.05) is 0 Å². The standard InChI is InChI=1S/C4H3BN2O.H2/c5-4-6-1-3(2-8)7-4;/h1-2H,(H,6,7);1H.